The van der Waals surface area contributed by atoms with Crippen molar-refractivity contribution < 1.29 is 4.39 Å². The molecule has 0 saturated carbocycles. The topological polar surface area (TPSA) is 6.48 Å². The molecule has 0 unspecified atom stereocenters. The molecule has 94 valence electrons. The summed E-state index contributed by atoms with van der Waals surface area (Å²) in [5, 5.41) is 0. The minimum absolute atomic E-state index is 0.0525. The third-order valence-electron chi connectivity index (χ3n) is 3.57. The summed E-state index contributed by atoms with van der Waals surface area (Å²) in [6.07, 6.45) is 0.904. The highest BCUT2D eigenvalue weighted by Gasteiger charge is 2.16. The Hall–Kier alpha value is -0.930. The van der Waals surface area contributed by atoms with E-state index in [9.17, 15) is 4.39 Å². The Balaban J connectivity index is 2.07. The molecule has 1 fully saturated rings. The fourth-order valence-electron chi connectivity index (χ4n) is 2.34. The molecule has 0 N–H and O–H groups in total. The highest BCUT2D eigenvalue weighted by atomic mass is 19.1. The molecule has 2 nitrogen and oxygen atoms in total. The van der Waals surface area contributed by atoms with Crippen molar-refractivity contribution in [2.45, 2.75) is 19.9 Å². The van der Waals surface area contributed by atoms with Crippen LogP contribution in [0.1, 0.15) is 18.1 Å². The number of halogens is 1. The Morgan fingerprint density at radius 2 is 1.88 bits per heavy atom. The van der Waals surface area contributed by atoms with Gasteiger partial charge in [-0.1, -0.05) is 19.1 Å². The van der Waals surface area contributed by atoms with Crippen LogP contribution in [0.3, 0.4) is 0 Å². The lowest BCUT2D eigenvalue weighted by Gasteiger charge is -2.32. The molecule has 1 aliphatic heterocycles. The zero-order chi connectivity index (χ0) is 12.3. The average Bonchev–Trinajstić information content (AvgIpc) is 2.34. The summed E-state index contributed by atoms with van der Waals surface area (Å²) in [7, 11) is 2.14. The van der Waals surface area contributed by atoms with Crippen LogP contribution in [0, 0.1) is 5.82 Å². The van der Waals surface area contributed by atoms with Crippen molar-refractivity contribution in [3.8, 4) is 0 Å². The van der Waals surface area contributed by atoms with E-state index in [2.05, 4.69) is 23.8 Å². The predicted octanol–water partition coefficient (Wildman–Crippen LogP) is 2.14. The zero-order valence-electron chi connectivity index (χ0n) is 10.7. The number of piperazine rings is 1. The number of nitrogens with zero attached hydrogens (tertiary/aromatic N) is 2. The van der Waals surface area contributed by atoms with Crippen molar-refractivity contribution in [3.05, 3.63) is 35.1 Å². The summed E-state index contributed by atoms with van der Waals surface area (Å²) in [6.45, 7) is 7.07. The van der Waals surface area contributed by atoms with Gasteiger partial charge in [-0.15, -0.1) is 0 Å². The summed E-state index contributed by atoms with van der Waals surface area (Å²) in [4.78, 5) is 4.66. The van der Waals surface area contributed by atoms with E-state index in [1.54, 1.807) is 6.07 Å². The molecule has 3 heteroatoms. The molecule has 2 rings (SSSR count). The van der Waals surface area contributed by atoms with Crippen LogP contribution in [0.15, 0.2) is 18.2 Å². The first kappa shape index (κ1) is 12.5. The third-order valence-corrected chi connectivity index (χ3v) is 3.57. The molecular formula is C14H21FN2. The SMILES string of the molecule is CCc1cccc(F)c1CN1CCN(C)CC1. The van der Waals surface area contributed by atoms with Gasteiger partial charge in [-0.2, -0.15) is 0 Å². The van der Waals surface area contributed by atoms with E-state index >= 15 is 0 Å². The highest BCUT2D eigenvalue weighted by molar-refractivity contribution is 5.28. The van der Waals surface area contributed by atoms with Crippen LogP contribution in [0.25, 0.3) is 0 Å². The van der Waals surface area contributed by atoms with Crippen LogP contribution in [-0.4, -0.2) is 43.0 Å². The monoisotopic (exact) mass is 236 g/mol. The van der Waals surface area contributed by atoms with Gasteiger partial charge in [0.25, 0.3) is 0 Å². The van der Waals surface area contributed by atoms with Gasteiger partial charge in [0, 0.05) is 38.3 Å². The van der Waals surface area contributed by atoms with Crippen molar-refractivity contribution in [1.29, 1.82) is 0 Å². The molecule has 0 spiro atoms. The van der Waals surface area contributed by atoms with Gasteiger partial charge in [0.1, 0.15) is 5.82 Å². The predicted molar refractivity (Wildman–Crippen MR) is 68.6 cm³/mol. The second-order valence-electron chi connectivity index (χ2n) is 4.81. The molecule has 0 bridgehead atoms. The van der Waals surface area contributed by atoms with Crippen LogP contribution < -0.4 is 0 Å². The van der Waals surface area contributed by atoms with Gasteiger partial charge in [0.15, 0.2) is 0 Å². The largest absolute Gasteiger partial charge is 0.304 e. The molecule has 0 atom stereocenters. The van der Waals surface area contributed by atoms with Gasteiger partial charge in [0.2, 0.25) is 0 Å². The number of benzene rings is 1. The number of aryl methyl sites for hydroxylation is 1. The van der Waals surface area contributed by atoms with E-state index < -0.39 is 0 Å². The number of hydrogen-bond donors (Lipinski definition) is 0. The summed E-state index contributed by atoms with van der Waals surface area (Å²) in [5.74, 6) is -0.0525. The first-order valence-corrected chi connectivity index (χ1v) is 6.38. The van der Waals surface area contributed by atoms with Crippen LogP contribution in [0.2, 0.25) is 0 Å². The Labute approximate surface area is 103 Å². The first-order valence-electron chi connectivity index (χ1n) is 6.38. The molecule has 0 aromatic heterocycles. The van der Waals surface area contributed by atoms with Gasteiger partial charge in [-0.05, 0) is 25.1 Å². The van der Waals surface area contributed by atoms with Gasteiger partial charge in [-0.3, -0.25) is 4.90 Å². The fraction of sp³-hybridized carbons (Fsp3) is 0.571. The first-order chi connectivity index (χ1) is 8.20. The van der Waals surface area contributed by atoms with Crippen LogP contribution in [0.4, 0.5) is 4.39 Å². The van der Waals surface area contributed by atoms with Crippen molar-refractivity contribution in [1.82, 2.24) is 9.80 Å². The van der Waals surface area contributed by atoms with Gasteiger partial charge in [0.05, 0.1) is 0 Å². The summed E-state index contributed by atoms with van der Waals surface area (Å²) in [6, 6.07) is 5.42. The third kappa shape index (κ3) is 3.05. The highest BCUT2D eigenvalue weighted by Crippen LogP contribution is 2.17. The van der Waals surface area contributed by atoms with Gasteiger partial charge < -0.3 is 4.90 Å². The van der Waals surface area contributed by atoms with Gasteiger partial charge >= 0.3 is 0 Å². The van der Waals surface area contributed by atoms with E-state index in [0.717, 1.165) is 50.3 Å². The lowest BCUT2D eigenvalue weighted by Crippen LogP contribution is -2.44. The Morgan fingerprint density at radius 3 is 2.53 bits per heavy atom. The number of hydrogen-bond acceptors (Lipinski definition) is 2. The normalized spacial score (nSPS) is 18.5. The van der Waals surface area contributed by atoms with E-state index in [4.69, 9.17) is 0 Å². The van der Waals surface area contributed by atoms with E-state index in [1.807, 2.05) is 12.1 Å². The number of rotatable bonds is 3. The maximum Gasteiger partial charge on any atom is 0.127 e. The maximum atomic E-state index is 13.8. The molecule has 1 saturated heterocycles. The lowest BCUT2D eigenvalue weighted by molar-refractivity contribution is 0.146. The minimum Gasteiger partial charge on any atom is -0.304 e. The lowest BCUT2D eigenvalue weighted by atomic mass is 10.0. The summed E-state index contributed by atoms with van der Waals surface area (Å²) < 4.78 is 13.8. The summed E-state index contributed by atoms with van der Waals surface area (Å²) in [5.41, 5.74) is 2.03. The molecule has 1 aromatic carbocycles. The van der Waals surface area contributed by atoms with Crippen molar-refractivity contribution in [2.75, 3.05) is 33.2 Å². The van der Waals surface area contributed by atoms with E-state index in [1.165, 1.54) is 0 Å². The van der Waals surface area contributed by atoms with E-state index in [0.29, 0.717) is 0 Å². The summed E-state index contributed by atoms with van der Waals surface area (Å²) >= 11 is 0. The van der Waals surface area contributed by atoms with Gasteiger partial charge in [-0.25, -0.2) is 4.39 Å². The van der Waals surface area contributed by atoms with Crippen LogP contribution in [-0.2, 0) is 13.0 Å². The quantitative estimate of drug-likeness (QED) is 0.793. The van der Waals surface area contributed by atoms with E-state index in [-0.39, 0.29) is 5.82 Å². The molecule has 17 heavy (non-hydrogen) atoms. The molecular weight excluding hydrogens is 215 g/mol. The van der Waals surface area contributed by atoms with Crippen molar-refractivity contribution >= 4 is 0 Å². The molecule has 0 aliphatic carbocycles. The Bertz CT molecular complexity index is 370. The minimum atomic E-state index is -0.0525. The molecule has 0 amide bonds. The zero-order valence-corrected chi connectivity index (χ0v) is 10.7. The maximum absolute atomic E-state index is 13.8. The average molecular weight is 236 g/mol. The second-order valence-corrected chi connectivity index (χ2v) is 4.81. The second kappa shape index (κ2) is 5.61. The molecule has 1 aliphatic rings. The van der Waals surface area contributed by atoms with Crippen LogP contribution in [0.5, 0.6) is 0 Å². The Kier molecular flexibility index (Phi) is 4.13. The fourth-order valence-corrected chi connectivity index (χ4v) is 2.34. The molecule has 1 aromatic rings. The smallest absolute Gasteiger partial charge is 0.127 e. The molecule has 1 heterocycles. The van der Waals surface area contributed by atoms with Crippen molar-refractivity contribution in [3.63, 3.8) is 0 Å². The number of likely N-dealkylation sites (N-methyl/N-ethyl adjacent to an activating group) is 1. The van der Waals surface area contributed by atoms with Crippen LogP contribution >= 0.6 is 0 Å². The van der Waals surface area contributed by atoms with Crippen molar-refractivity contribution in [2.24, 2.45) is 0 Å². The standard InChI is InChI=1S/C14H21FN2/c1-3-12-5-4-6-14(15)13(12)11-17-9-7-16(2)8-10-17/h4-6H,3,7-11H2,1-2H3. The Morgan fingerprint density at radius 1 is 1.18 bits per heavy atom. The molecule has 0 radical (unpaired) electrons.